The Labute approximate surface area is 149 Å². The topological polar surface area (TPSA) is 241 Å². The second kappa shape index (κ2) is 18.6. The molecule has 0 saturated heterocycles. The molecule has 0 spiro atoms. The van der Waals surface area contributed by atoms with Crippen molar-refractivity contribution in [2.75, 3.05) is 0 Å². The van der Waals surface area contributed by atoms with E-state index in [0.717, 1.165) is 0 Å². The standard InChI is InChI=1S/3C4H4O4.Fe/c3*5-3(6)1-2-4(7)8;/h3*1-2H,(H,5,6)(H,7,8);/q;;;+6/p-6/b3*2-1-;. The van der Waals surface area contributed by atoms with Crippen molar-refractivity contribution < 1.29 is 76.5 Å². The van der Waals surface area contributed by atoms with Crippen molar-refractivity contribution in [3.8, 4) is 0 Å². The fraction of sp³-hybridized carbons (Fsp3) is 0. The van der Waals surface area contributed by atoms with Crippen LogP contribution in [0.2, 0.25) is 0 Å². The van der Waals surface area contributed by atoms with Crippen molar-refractivity contribution in [2.24, 2.45) is 0 Å². The Morgan fingerprint density at radius 1 is 0.360 bits per heavy atom. The number of carbonyl (C=O) groups excluding carboxylic acids is 6. The maximum atomic E-state index is 9.41. The van der Waals surface area contributed by atoms with Gasteiger partial charge in [-0.15, -0.1) is 0 Å². The summed E-state index contributed by atoms with van der Waals surface area (Å²) in [6, 6.07) is 0. The third kappa shape index (κ3) is 53.0. The van der Waals surface area contributed by atoms with Gasteiger partial charge < -0.3 is 59.4 Å². The van der Waals surface area contributed by atoms with Crippen LogP contribution < -0.4 is 30.6 Å². The summed E-state index contributed by atoms with van der Waals surface area (Å²) in [6.07, 6.45) is 2.31. The smallest absolute Gasteiger partial charge is 0.545 e. The Balaban J connectivity index is -0.000000130. The van der Waals surface area contributed by atoms with Gasteiger partial charge in [0.2, 0.25) is 0 Å². The van der Waals surface area contributed by atoms with Crippen LogP contribution in [0.1, 0.15) is 0 Å². The molecule has 0 aliphatic carbocycles. The van der Waals surface area contributed by atoms with Crippen LogP contribution in [0.5, 0.6) is 0 Å². The van der Waals surface area contributed by atoms with Crippen LogP contribution in [0.25, 0.3) is 0 Å². The van der Waals surface area contributed by atoms with Crippen molar-refractivity contribution in [1.82, 2.24) is 0 Å². The predicted octanol–water partition coefficient (Wildman–Crippen LogP) is -8.88. The summed E-state index contributed by atoms with van der Waals surface area (Å²) in [7, 11) is 0. The van der Waals surface area contributed by atoms with Crippen LogP contribution in [0.15, 0.2) is 36.5 Å². The number of carbonyl (C=O) groups is 6. The van der Waals surface area contributed by atoms with Gasteiger partial charge in [-0.05, 0) is 36.5 Å². The molecule has 0 bridgehead atoms. The molecule has 0 N–H and O–H groups in total. The molecule has 0 heterocycles. The Morgan fingerprint density at radius 2 is 0.440 bits per heavy atom. The van der Waals surface area contributed by atoms with E-state index in [2.05, 4.69) is 0 Å². The van der Waals surface area contributed by atoms with Crippen molar-refractivity contribution in [1.29, 1.82) is 0 Å². The monoisotopic (exact) mass is 398 g/mol. The zero-order valence-electron chi connectivity index (χ0n) is 11.7. The van der Waals surface area contributed by atoms with Crippen molar-refractivity contribution >= 4 is 35.8 Å². The molecule has 134 valence electrons. The molecule has 0 saturated carbocycles. The van der Waals surface area contributed by atoms with E-state index >= 15 is 0 Å². The molecule has 0 aromatic heterocycles. The summed E-state index contributed by atoms with van der Waals surface area (Å²) < 4.78 is 0. The molecule has 0 fully saturated rings. The van der Waals surface area contributed by atoms with Crippen LogP contribution in [-0.4, -0.2) is 35.8 Å². The molecule has 13 heteroatoms. The Morgan fingerprint density at radius 3 is 0.480 bits per heavy atom. The minimum Gasteiger partial charge on any atom is -0.545 e. The normalized spacial score (nSPS) is 9.12. The first-order chi connectivity index (χ1) is 10.9. The van der Waals surface area contributed by atoms with Gasteiger partial charge in [0.15, 0.2) is 0 Å². The first kappa shape index (κ1) is 29.6. The molecule has 0 radical (unpaired) electrons. The first-order valence-corrected chi connectivity index (χ1v) is 5.18. The van der Waals surface area contributed by atoms with Crippen molar-refractivity contribution in [3.05, 3.63) is 36.5 Å². The molecule has 12 nitrogen and oxygen atoms in total. The van der Waals surface area contributed by atoms with E-state index in [0.29, 0.717) is 36.5 Å². The van der Waals surface area contributed by atoms with Gasteiger partial charge in [-0.1, -0.05) is 0 Å². The van der Waals surface area contributed by atoms with Crippen LogP contribution in [0.3, 0.4) is 0 Å². The Kier molecular flexibility index (Phi) is 22.0. The summed E-state index contributed by atoms with van der Waals surface area (Å²) in [6.45, 7) is 0. The molecule has 0 aliphatic heterocycles. The molecule has 0 aromatic rings. The molecular formula is C12H6FeO12. The van der Waals surface area contributed by atoms with Crippen LogP contribution in [-0.2, 0) is 45.8 Å². The average molecular weight is 398 g/mol. The summed E-state index contributed by atoms with van der Waals surface area (Å²) in [5.41, 5.74) is 0. The van der Waals surface area contributed by atoms with Crippen LogP contribution in [0.4, 0.5) is 0 Å². The Hall–Kier alpha value is -3.44. The molecule has 0 atom stereocenters. The number of hydrogen-bond acceptors (Lipinski definition) is 12. The molecule has 0 rings (SSSR count). The minimum absolute atomic E-state index is 0. The zero-order valence-corrected chi connectivity index (χ0v) is 12.8. The van der Waals surface area contributed by atoms with Crippen LogP contribution >= 0.6 is 0 Å². The summed E-state index contributed by atoms with van der Waals surface area (Å²) >= 11 is 0. The van der Waals surface area contributed by atoms with E-state index in [1.807, 2.05) is 0 Å². The zero-order chi connectivity index (χ0) is 19.7. The second-order valence-electron chi connectivity index (χ2n) is 2.91. The van der Waals surface area contributed by atoms with E-state index in [4.69, 9.17) is 0 Å². The van der Waals surface area contributed by atoms with Gasteiger partial charge in [0.05, 0.1) is 35.8 Å². The van der Waals surface area contributed by atoms with Gasteiger partial charge in [0.25, 0.3) is 0 Å². The number of carboxylic acid groups (broad SMARTS) is 6. The fourth-order valence-electron chi connectivity index (χ4n) is 0.408. The molecular weight excluding hydrogens is 392 g/mol. The third-order valence-corrected chi connectivity index (χ3v) is 1.07. The molecule has 0 aromatic carbocycles. The van der Waals surface area contributed by atoms with Gasteiger partial charge in [0.1, 0.15) is 0 Å². The van der Waals surface area contributed by atoms with E-state index in [9.17, 15) is 59.4 Å². The van der Waals surface area contributed by atoms with Crippen molar-refractivity contribution in [3.63, 3.8) is 0 Å². The average Bonchev–Trinajstić information content (AvgIpc) is 2.42. The quantitative estimate of drug-likeness (QED) is 0.299. The van der Waals surface area contributed by atoms with E-state index in [-0.39, 0.29) is 17.1 Å². The SMILES string of the molecule is O=C([O-])/C=C\C(=O)[O-].O=C([O-])/C=C\C(=O)[O-].O=C([O-])/C=C\C(=O)[O-].[Fe+6]. The fourth-order valence-corrected chi connectivity index (χ4v) is 0.408. The van der Waals surface area contributed by atoms with Gasteiger partial charge in [-0.25, -0.2) is 0 Å². The maximum Gasteiger partial charge on any atom is 6.00 e. The number of aliphatic carboxylic acids is 6. The third-order valence-electron chi connectivity index (χ3n) is 1.07. The van der Waals surface area contributed by atoms with Gasteiger partial charge >= 0.3 is 17.1 Å². The summed E-state index contributed by atoms with van der Waals surface area (Å²) in [4.78, 5) is 56.5. The first-order valence-electron chi connectivity index (χ1n) is 5.18. The largest absolute Gasteiger partial charge is 6.00 e. The molecule has 0 amide bonds. The van der Waals surface area contributed by atoms with Gasteiger partial charge in [-0.2, -0.15) is 0 Å². The van der Waals surface area contributed by atoms with Crippen molar-refractivity contribution in [2.45, 2.75) is 0 Å². The predicted molar refractivity (Wildman–Crippen MR) is 57.5 cm³/mol. The summed E-state index contributed by atoms with van der Waals surface area (Å²) in [5, 5.41) is 56.5. The minimum atomic E-state index is -1.55. The van der Waals surface area contributed by atoms with Gasteiger partial charge in [0, 0.05) is 0 Å². The molecule has 25 heavy (non-hydrogen) atoms. The van der Waals surface area contributed by atoms with Gasteiger partial charge in [-0.3, -0.25) is 0 Å². The van der Waals surface area contributed by atoms with Crippen LogP contribution in [0, 0.1) is 0 Å². The second-order valence-corrected chi connectivity index (χ2v) is 2.91. The number of rotatable bonds is 6. The number of hydrogen-bond donors (Lipinski definition) is 0. The molecule has 0 unspecified atom stereocenters. The van der Waals surface area contributed by atoms with E-state index in [1.165, 1.54) is 0 Å². The Bertz CT molecular complexity index is 444. The summed E-state index contributed by atoms with van der Waals surface area (Å²) in [5.74, 6) is -9.28. The number of carboxylic acids is 6. The van der Waals surface area contributed by atoms with E-state index < -0.39 is 35.8 Å². The molecule has 0 aliphatic rings. The maximum absolute atomic E-state index is 9.41. The van der Waals surface area contributed by atoms with E-state index in [1.54, 1.807) is 0 Å².